The Hall–Kier alpha value is 0.210. The summed E-state index contributed by atoms with van der Waals surface area (Å²) in [5, 5.41) is 8.74. The van der Waals surface area contributed by atoms with E-state index in [0.29, 0.717) is 18.4 Å². The van der Waals surface area contributed by atoms with Crippen molar-refractivity contribution in [1.29, 1.82) is 0 Å². The lowest BCUT2D eigenvalue weighted by Crippen LogP contribution is -2.11. The molecule has 2 atom stereocenters. The van der Waals surface area contributed by atoms with Crippen molar-refractivity contribution in [1.82, 2.24) is 0 Å². The summed E-state index contributed by atoms with van der Waals surface area (Å²) < 4.78 is 0. The maximum Gasteiger partial charge on any atom is 0.0459 e. The van der Waals surface area contributed by atoms with Crippen molar-refractivity contribution < 1.29 is 5.11 Å². The number of aliphatic hydroxyl groups is 1. The van der Waals surface area contributed by atoms with Crippen molar-refractivity contribution in [2.45, 2.75) is 19.3 Å². The zero-order valence-electron chi connectivity index (χ0n) is 6.12. The van der Waals surface area contributed by atoms with Crippen LogP contribution in [-0.4, -0.2) is 18.3 Å². The standard InChI is InChI=1S/C7H15NO.ClH/c8-4-6-1-2-7(3-6)5-9;/h6-7,9H,1-5,8H2;1H/t6-,7+;/m1./s1. The van der Waals surface area contributed by atoms with Gasteiger partial charge in [0.1, 0.15) is 0 Å². The topological polar surface area (TPSA) is 46.2 Å². The molecule has 0 aromatic heterocycles. The third kappa shape index (κ3) is 2.45. The summed E-state index contributed by atoms with van der Waals surface area (Å²) in [4.78, 5) is 0. The van der Waals surface area contributed by atoms with Crippen LogP contribution in [0.15, 0.2) is 0 Å². The molecule has 0 bridgehead atoms. The molecular weight excluding hydrogens is 150 g/mol. The second-order valence-corrected chi connectivity index (χ2v) is 2.96. The molecule has 0 aromatic carbocycles. The highest BCUT2D eigenvalue weighted by molar-refractivity contribution is 5.85. The van der Waals surface area contributed by atoms with E-state index in [0.717, 1.165) is 13.0 Å². The predicted octanol–water partition coefficient (Wildman–Crippen LogP) is 0.775. The molecule has 0 radical (unpaired) electrons. The van der Waals surface area contributed by atoms with Gasteiger partial charge >= 0.3 is 0 Å². The summed E-state index contributed by atoms with van der Waals surface area (Å²) in [5.74, 6) is 1.25. The lowest BCUT2D eigenvalue weighted by Gasteiger charge is -2.04. The second-order valence-electron chi connectivity index (χ2n) is 2.96. The fraction of sp³-hybridized carbons (Fsp3) is 1.00. The van der Waals surface area contributed by atoms with Gasteiger partial charge in [-0.05, 0) is 37.6 Å². The lowest BCUT2D eigenvalue weighted by atomic mass is 10.1. The van der Waals surface area contributed by atoms with Gasteiger partial charge in [-0.25, -0.2) is 0 Å². The SMILES string of the molecule is Cl.NC[C@@H]1CC[C@H](CO)C1. The average molecular weight is 166 g/mol. The van der Waals surface area contributed by atoms with Gasteiger partial charge in [-0.2, -0.15) is 0 Å². The molecule has 0 heterocycles. The van der Waals surface area contributed by atoms with Crippen molar-refractivity contribution in [3.8, 4) is 0 Å². The molecule has 1 rings (SSSR count). The number of hydrogen-bond acceptors (Lipinski definition) is 2. The Kier molecular flexibility index (Phi) is 5.04. The van der Waals surface area contributed by atoms with Gasteiger partial charge in [0.2, 0.25) is 0 Å². The van der Waals surface area contributed by atoms with Gasteiger partial charge in [0.25, 0.3) is 0 Å². The molecule has 1 saturated carbocycles. The molecule has 0 saturated heterocycles. The van der Waals surface area contributed by atoms with Crippen LogP contribution >= 0.6 is 12.4 Å². The first-order valence-corrected chi connectivity index (χ1v) is 3.67. The quantitative estimate of drug-likeness (QED) is 0.635. The highest BCUT2D eigenvalue weighted by Gasteiger charge is 2.22. The molecule has 0 unspecified atom stereocenters. The van der Waals surface area contributed by atoms with Gasteiger partial charge in [-0.15, -0.1) is 12.4 Å². The third-order valence-electron chi connectivity index (χ3n) is 2.24. The minimum atomic E-state index is 0. The van der Waals surface area contributed by atoms with Crippen LogP contribution in [0, 0.1) is 11.8 Å². The van der Waals surface area contributed by atoms with Gasteiger partial charge < -0.3 is 10.8 Å². The van der Waals surface area contributed by atoms with E-state index in [2.05, 4.69) is 0 Å². The predicted molar refractivity (Wildman–Crippen MR) is 44.2 cm³/mol. The largest absolute Gasteiger partial charge is 0.396 e. The summed E-state index contributed by atoms with van der Waals surface area (Å²) in [5.41, 5.74) is 5.47. The molecule has 10 heavy (non-hydrogen) atoms. The Bertz CT molecular complexity index is 79.7. The highest BCUT2D eigenvalue weighted by atomic mass is 35.5. The van der Waals surface area contributed by atoms with Gasteiger partial charge in [-0.1, -0.05) is 0 Å². The van der Waals surface area contributed by atoms with Gasteiger partial charge in [0, 0.05) is 6.61 Å². The van der Waals surface area contributed by atoms with Crippen LogP contribution in [0.5, 0.6) is 0 Å². The van der Waals surface area contributed by atoms with E-state index < -0.39 is 0 Å². The van der Waals surface area contributed by atoms with Crippen molar-refractivity contribution >= 4 is 12.4 Å². The van der Waals surface area contributed by atoms with Crippen LogP contribution in [0.4, 0.5) is 0 Å². The molecule has 2 nitrogen and oxygen atoms in total. The monoisotopic (exact) mass is 165 g/mol. The maximum atomic E-state index is 8.74. The zero-order chi connectivity index (χ0) is 6.69. The first-order chi connectivity index (χ1) is 4.36. The van der Waals surface area contributed by atoms with E-state index in [1.165, 1.54) is 12.8 Å². The smallest absolute Gasteiger partial charge is 0.0459 e. The summed E-state index contributed by atoms with van der Waals surface area (Å²) in [6.07, 6.45) is 3.55. The van der Waals surface area contributed by atoms with E-state index >= 15 is 0 Å². The van der Waals surface area contributed by atoms with Gasteiger partial charge in [-0.3, -0.25) is 0 Å². The van der Waals surface area contributed by atoms with Crippen LogP contribution in [0.25, 0.3) is 0 Å². The van der Waals surface area contributed by atoms with Crippen molar-refractivity contribution in [2.24, 2.45) is 17.6 Å². The first-order valence-electron chi connectivity index (χ1n) is 3.67. The summed E-state index contributed by atoms with van der Waals surface area (Å²) >= 11 is 0. The van der Waals surface area contributed by atoms with Gasteiger partial charge in [0.15, 0.2) is 0 Å². The summed E-state index contributed by atoms with van der Waals surface area (Å²) in [6, 6.07) is 0. The maximum absolute atomic E-state index is 8.74. The molecule has 0 aliphatic heterocycles. The summed E-state index contributed by atoms with van der Waals surface area (Å²) in [6.45, 7) is 1.16. The first kappa shape index (κ1) is 10.2. The highest BCUT2D eigenvalue weighted by Crippen LogP contribution is 2.29. The molecular formula is C7H16ClNO. The van der Waals surface area contributed by atoms with Crippen LogP contribution in [0.2, 0.25) is 0 Å². The molecule has 3 heteroatoms. The Balaban J connectivity index is 0.000000810. The Morgan fingerprint density at radius 3 is 2.20 bits per heavy atom. The number of hydrogen-bond donors (Lipinski definition) is 2. The van der Waals surface area contributed by atoms with Crippen LogP contribution < -0.4 is 5.73 Å². The minimum absolute atomic E-state index is 0. The molecule has 0 amide bonds. The van der Waals surface area contributed by atoms with E-state index in [1.807, 2.05) is 0 Å². The fourth-order valence-electron chi connectivity index (χ4n) is 1.56. The molecule has 1 aliphatic rings. The number of nitrogens with two attached hydrogens (primary N) is 1. The Morgan fingerprint density at radius 1 is 1.30 bits per heavy atom. The average Bonchev–Trinajstić information content (AvgIpc) is 2.34. The normalized spacial score (nSPS) is 31.8. The van der Waals surface area contributed by atoms with Crippen molar-refractivity contribution in [2.75, 3.05) is 13.2 Å². The molecule has 1 fully saturated rings. The third-order valence-corrected chi connectivity index (χ3v) is 2.24. The van der Waals surface area contributed by atoms with E-state index in [4.69, 9.17) is 10.8 Å². The number of rotatable bonds is 2. The van der Waals surface area contributed by atoms with Crippen molar-refractivity contribution in [3.05, 3.63) is 0 Å². The molecule has 62 valence electrons. The van der Waals surface area contributed by atoms with Crippen LogP contribution in [0.3, 0.4) is 0 Å². The fourth-order valence-corrected chi connectivity index (χ4v) is 1.56. The van der Waals surface area contributed by atoms with Gasteiger partial charge in [0.05, 0.1) is 0 Å². The number of aliphatic hydroxyl groups excluding tert-OH is 1. The van der Waals surface area contributed by atoms with E-state index in [1.54, 1.807) is 0 Å². The Morgan fingerprint density at radius 2 is 1.90 bits per heavy atom. The molecule has 3 N–H and O–H groups in total. The second kappa shape index (κ2) is 4.94. The molecule has 1 aliphatic carbocycles. The van der Waals surface area contributed by atoms with E-state index in [-0.39, 0.29) is 12.4 Å². The van der Waals surface area contributed by atoms with Crippen molar-refractivity contribution in [3.63, 3.8) is 0 Å². The Labute approximate surface area is 68.2 Å². The van der Waals surface area contributed by atoms with E-state index in [9.17, 15) is 0 Å². The lowest BCUT2D eigenvalue weighted by molar-refractivity contribution is 0.226. The molecule has 0 aromatic rings. The minimum Gasteiger partial charge on any atom is -0.396 e. The van der Waals surface area contributed by atoms with Crippen LogP contribution in [0.1, 0.15) is 19.3 Å². The molecule has 0 spiro atoms. The zero-order valence-corrected chi connectivity index (χ0v) is 6.94. The summed E-state index contributed by atoms with van der Waals surface area (Å²) in [7, 11) is 0. The number of halogens is 1. The van der Waals surface area contributed by atoms with Crippen LogP contribution in [-0.2, 0) is 0 Å².